The van der Waals surface area contributed by atoms with Gasteiger partial charge >= 0.3 is 18.9 Å². The van der Waals surface area contributed by atoms with Gasteiger partial charge in [0.2, 0.25) is 0 Å². The van der Waals surface area contributed by atoms with Crippen molar-refractivity contribution >= 4 is 0 Å². The van der Waals surface area contributed by atoms with Crippen LogP contribution in [0.3, 0.4) is 0 Å². The molecular weight excluding hydrogens is 301 g/mol. The summed E-state index contributed by atoms with van der Waals surface area (Å²) in [4.78, 5) is 0. The zero-order valence-corrected chi connectivity index (χ0v) is 16.2. The van der Waals surface area contributed by atoms with Crippen LogP contribution in [0.2, 0.25) is 0 Å². The van der Waals surface area contributed by atoms with Crippen LogP contribution in [-0.4, -0.2) is 5.16 Å². The Morgan fingerprint density at radius 1 is 0.840 bits per heavy atom. The summed E-state index contributed by atoms with van der Waals surface area (Å²) in [6.07, 6.45) is 16.7. The van der Waals surface area contributed by atoms with E-state index in [4.69, 9.17) is 4.52 Å². The minimum Gasteiger partial charge on any atom is -0.377 e. The quantitative estimate of drug-likeness (QED) is 0.317. The third-order valence-corrected chi connectivity index (χ3v) is 4.47. The first-order valence-corrected chi connectivity index (χ1v) is 9.74. The average molecular weight is 333 g/mol. The molecule has 0 atom stereocenters. The van der Waals surface area contributed by atoms with Gasteiger partial charge in [-0.15, -0.1) is 29.8 Å². The molecule has 0 fully saturated rings. The number of hydrogen-bond donors (Lipinski definition) is 0. The Hall–Kier alpha value is -1.10. The number of rotatable bonds is 13. The van der Waals surface area contributed by atoms with E-state index in [1.807, 2.05) is 24.6 Å². The number of benzene rings is 1. The van der Waals surface area contributed by atoms with Crippen LogP contribution in [0.5, 0.6) is 0 Å². The summed E-state index contributed by atoms with van der Waals surface area (Å²) in [6.45, 7) is 2.28. The van der Waals surface area contributed by atoms with Gasteiger partial charge in [-0.3, -0.25) is 0 Å². The summed E-state index contributed by atoms with van der Waals surface area (Å²) in [6, 6.07) is 12.3. The topological polar surface area (TPSA) is 26.0 Å². The second kappa shape index (κ2) is 14.1. The zero-order valence-electron chi connectivity index (χ0n) is 16.2. The van der Waals surface area contributed by atoms with Gasteiger partial charge in [0, 0.05) is 5.69 Å². The fourth-order valence-electron chi connectivity index (χ4n) is 3.02. The Balaban J connectivity index is 0.00000312. The Morgan fingerprint density at radius 3 is 2.08 bits per heavy atom. The van der Waals surface area contributed by atoms with Crippen molar-refractivity contribution in [1.29, 1.82) is 0 Å². The van der Waals surface area contributed by atoms with Crippen LogP contribution in [-0.2, 0) is 6.42 Å². The van der Waals surface area contributed by atoms with Crippen LogP contribution >= 0.6 is 0 Å². The monoisotopic (exact) mass is 333 g/mol. The third kappa shape index (κ3) is 9.83. The van der Waals surface area contributed by atoms with Crippen molar-refractivity contribution in [3.63, 3.8) is 0 Å². The Bertz CT molecular complexity index is 538. The zero-order chi connectivity index (χ0) is 16.9. The molecule has 0 saturated carbocycles. The molecule has 3 heteroatoms. The molecule has 0 unspecified atom stereocenters. The molecule has 2 aromatic rings. The van der Waals surface area contributed by atoms with E-state index in [0.29, 0.717) is 0 Å². The maximum Gasteiger partial charge on any atom is 1.00 e. The number of nitrogens with zero attached hydrogens (tertiary/aromatic N) is 1. The van der Waals surface area contributed by atoms with Gasteiger partial charge in [-0.05, 0) is 12.8 Å². The number of aromatic nitrogens is 1. The molecule has 132 valence electrons. The fourth-order valence-corrected chi connectivity index (χ4v) is 3.02. The van der Waals surface area contributed by atoms with E-state index < -0.39 is 0 Å². The predicted octanol–water partition coefficient (Wildman–Crippen LogP) is 3.74. The maximum absolute atomic E-state index is 5.41. The van der Waals surface area contributed by atoms with Crippen molar-refractivity contribution in [3.8, 4) is 0 Å². The first-order chi connectivity index (χ1) is 11.9. The van der Waals surface area contributed by atoms with Crippen molar-refractivity contribution in [3.05, 3.63) is 59.8 Å². The molecule has 0 spiro atoms. The molecule has 0 saturated heterocycles. The van der Waals surface area contributed by atoms with Gasteiger partial charge in [0.15, 0.2) is 0 Å². The van der Waals surface area contributed by atoms with Gasteiger partial charge in [-0.1, -0.05) is 88.4 Å². The number of hydrogen-bond acceptors (Lipinski definition) is 2. The fraction of sp³-hybridized carbons (Fsp3) is 0.545. The molecule has 0 aliphatic heterocycles. The Labute approximate surface area is 165 Å². The van der Waals surface area contributed by atoms with E-state index in [1.54, 1.807) is 0 Å². The minimum atomic E-state index is 0. The van der Waals surface area contributed by atoms with Crippen LogP contribution in [0, 0.1) is 6.42 Å². The van der Waals surface area contributed by atoms with E-state index in [2.05, 4.69) is 30.3 Å². The van der Waals surface area contributed by atoms with E-state index in [0.717, 1.165) is 23.4 Å². The van der Waals surface area contributed by atoms with Gasteiger partial charge in [0.05, 0.1) is 5.76 Å². The summed E-state index contributed by atoms with van der Waals surface area (Å²) in [5.74, 6) is 0.850. The second-order valence-corrected chi connectivity index (χ2v) is 6.71. The van der Waals surface area contributed by atoms with Crippen LogP contribution in [0.25, 0.3) is 0 Å². The molecule has 0 radical (unpaired) electrons. The molecule has 2 rings (SSSR count). The van der Waals surface area contributed by atoms with Crippen LogP contribution in [0.4, 0.5) is 0 Å². The van der Waals surface area contributed by atoms with E-state index in [1.165, 1.54) is 64.2 Å². The van der Waals surface area contributed by atoms with Gasteiger partial charge in [0.1, 0.15) is 0 Å². The molecule has 0 bridgehead atoms. The van der Waals surface area contributed by atoms with Crippen molar-refractivity contribution in [2.24, 2.45) is 0 Å². The average Bonchev–Trinajstić information content (AvgIpc) is 3.05. The molecule has 0 aliphatic rings. The van der Waals surface area contributed by atoms with Crippen LogP contribution in [0.1, 0.15) is 88.1 Å². The third-order valence-electron chi connectivity index (χ3n) is 4.47. The summed E-state index contributed by atoms with van der Waals surface area (Å²) in [5, 5.41) is 4.18. The van der Waals surface area contributed by atoms with Crippen molar-refractivity contribution < 1.29 is 23.4 Å². The molecule has 25 heavy (non-hydrogen) atoms. The summed E-state index contributed by atoms with van der Waals surface area (Å²) >= 11 is 0. The molecule has 1 aromatic heterocycles. The molecule has 0 N–H and O–H groups in total. The van der Waals surface area contributed by atoms with Crippen molar-refractivity contribution in [1.82, 2.24) is 5.16 Å². The Morgan fingerprint density at radius 2 is 1.44 bits per heavy atom. The second-order valence-electron chi connectivity index (χ2n) is 6.71. The smallest absolute Gasteiger partial charge is 0.377 e. The summed E-state index contributed by atoms with van der Waals surface area (Å²) < 4.78 is 5.41. The first-order valence-electron chi connectivity index (χ1n) is 9.74. The number of aryl methyl sites for hydroxylation is 1. The van der Waals surface area contributed by atoms with Crippen molar-refractivity contribution in [2.75, 3.05) is 0 Å². The predicted molar refractivity (Wildman–Crippen MR) is 101 cm³/mol. The molecule has 0 amide bonds. The summed E-state index contributed by atoms with van der Waals surface area (Å²) in [7, 11) is 0. The molecule has 1 heterocycles. The normalized spacial score (nSPS) is 10.4. The van der Waals surface area contributed by atoms with E-state index in [-0.39, 0.29) is 18.9 Å². The van der Waals surface area contributed by atoms with E-state index in [9.17, 15) is 0 Å². The van der Waals surface area contributed by atoms with Crippen LogP contribution < -0.4 is 18.9 Å². The molecule has 0 aliphatic carbocycles. The van der Waals surface area contributed by atoms with E-state index >= 15 is 0 Å². The minimum absolute atomic E-state index is 0. The molecular formula is C22H32LiNO. The van der Waals surface area contributed by atoms with Gasteiger partial charge in [0.25, 0.3) is 0 Å². The number of unbranched alkanes of at least 4 members (excludes halogenated alkanes) is 9. The molecule has 1 aromatic carbocycles. The maximum atomic E-state index is 5.41. The van der Waals surface area contributed by atoms with Gasteiger partial charge < -0.3 is 4.52 Å². The molecule has 2 nitrogen and oxygen atoms in total. The Kier molecular flexibility index (Phi) is 12.4. The summed E-state index contributed by atoms with van der Waals surface area (Å²) in [5.41, 5.74) is 2.23. The van der Waals surface area contributed by atoms with Crippen LogP contribution in [0.15, 0.2) is 40.9 Å². The first kappa shape index (κ1) is 21.9. The largest absolute Gasteiger partial charge is 1.00 e. The van der Waals surface area contributed by atoms with Crippen molar-refractivity contribution in [2.45, 2.75) is 77.6 Å². The SMILES string of the molecule is CCCCCCCCCCCCc1cc([CH-]c2ccccc2)on1.[Li+]. The van der Waals surface area contributed by atoms with Gasteiger partial charge in [-0.2, -0.15) is 0 Å². The standard InChI is InChI=1S/C22H32NO.Li/c1-2-3-4-5-6-7-8-9-10-14-17-21-19-22(24-23-21)18-20-15-12-11-13-16-20;/h11-13,15-16,18-19H,2-10,14,17H2,1H3;/q-1;+1. The van der Waals surface area contributed by atoms with Gasteiger partial charge in [-0.25, -0.2) is 0 Å².